The number of aromatic nitrogens is 2. The minimum absolute atomic E-state index is 0.0334. The standard InChI is InChI=1S/C19H20N4O2S2/c24-16-12-26-18(14-6-1-3-8-20-14)22(16)10-5-11-23-17(25)13-27-19(23)15-7-2-4-9-21-15/h1-4,6-9,18-19H,5,10-13H2/t18-,19-/m1/s1. The van der Waals surface area contributed by atoms with Gasteiger partial charge in [-0.3, -0.25) is 19.6 Å². The van der Waals surface area contributed by atoms with Gasteiger partial charge >= 0.3 is 0 Å². The van der Waals surface area contributed by atoms with Crippen LogP contribution in [0.2, 0.25) is 0 Å². The van der Waals surface area contributed by atoms with Crippen molar-refractivity contribution in [3.63, 3.8) is 0 Å². The molecule has 2 aliphatic heterocycles. The Balaban J connectivity index is 1.39. The third-order valence-corrected chi connectivity index (χ3v) is 7.07. The first-order valence-corrected chi connectivity index (χ1v) is 11.0. The summed E-state index contributed by atoms with van der Waals surface area (Å²) in [5.74, 6) is 1.24. The topological polar surface area (TPSA) is 66.4 Å². The highest BCUT2D eigenvalue weighted by atomic mass is 32.2. The number of hydrogen-bond donors (Lipinski definition) is 0. The average molecular weight is 401 g/mol. The quantitative estimate of drug-likeness (QED) is 0.743. The molecule has 0 spiro atoms. The molecular weight excluding hydrogens is 380 g/mol. The number of thioether (sulfide) groups is 2. The lowest BCUT2D eigenvalue weighted by Gasteiger charge is -2.27. The van der Waals surface area contributed by atoms with Crippen molar-refractivity contribution in [2.75, 3.05) is 24.6 Å². The van der Waals surface area contributed by atoms with Crippen molar-refractivity contribution in [3.05, 3.63) is 60.2 Å². The molecule has 6 nitrogen and oxygen atoms in total. The van der Waals surface area contributed by atoms with Gasteiger partial charge < -0.3 is 9.80 Å². The van der Waals surface area contributed by atoms with Crippen molar-refractivity contribution >= 4 is 35.3 Å². The molecule has 0 radical (unpaired) electrons. The van der Waals surface area contributed by atoms with Gasteiger partial charge in [0.2, 0.25) is 11.8 Å². The van der Waals surface area contributed by atoms with E-state index in [1.807, 2.05) is 46.2 Å². The third kappa shape index (κ3) is 3.96. The summed E-state index contributed by atoms with van der Waals surface area (Å²) in [7, 11) is 0. The molecule has 2 fully saturated rings. The van der Waals surface area contributed by atoms with Gasteiger partial charge in [0.1, 0.15) is 10.7 Å². The van der Waals surface area contributed by atoms with E-state index >= 15 is 0 Å². The second-order valence-electron chi connectivity index (χ2n) is 6.36. The highest BCUT2D eigenvalue weighted by Gasteiger charge is 2.35. The van der Waals surface area contributed by atoms with Gasteiger partial charge in [-0.2, -0.15) is 0 Å². The lowest BCUT2D eigenvalue weighted by molar-refractivity contribution is -0.128. The number of rotatable bonds is 6. The van der Waals surface area contributed by atoms with E-state index in [9.17, 15) is 9.59 Å². The monoisotopic (exact) mass is 400 g/mol. The number of carbonyl (C=O) groups is 2. The summed E-state index contributed by atoms with van der Waals surface area (Å²) in [6, 6.07) is 11.6. The smallest absolute Gasteiger partial charge is 0.233 e. The Morgan fingerprint density at radius 3 is 1.70 bits per heavy atom. The summed E-state index contributed by atoms with van der Waals surface area (Å²) in [6.45, 7) is 1.24. The summed E-state index contributed by atoms with van der Waals surface area (Å²) in [5.41, 5.74) is 1.82. The first kappa shape index (κ1) is 18.3. The van der Waals surface area contributed by atoms with Crippen LogP contribution in [0, 0.1) is 0 Å². The molecule has 0 N–H and O–H groups in total. The van der Waals surface area contributed by atoms with E-state index in [4.69, 9.17) is 0 Å². The Labute approximate surface area is 166 Å². The van der Waals surface area contributed by atoms with Crippen molar-refractivity contribution in [1.82, 2.24) is 19.8 Å². The van der Waals surface area contributed by atoms with Gasteiger partial charge in [-0.15, -0.1) is 23.5 Å². The molecule has 4 heterocycles. The maximum Gasteiger partial charge on any atom is 0.233 e. The first-order chi connectivity index (χ1) is 13.2. The van der Waals surface area contributed by atoms with Crippen molar-refractivity contribution in [1.29, 1.82) is 0 Å². The summed E-state index contributed by atoms with van der Waals surface area (Å²) in [4.78, 5) is 37.2. The van der Waals surface area contributed by atoms with Gasteiger partial charge in [-0.25, -0.2) is 0 Å². The summed E-state index contributed by atoms with van der Waals surface area (Å²) < 4.78 is 0. The molecule has 4 rings (SSSR count). The average Bonchev–Trinajstić information content (AvgIpc) is 3.26. The van der Waals surface area contributed by atoms with Gasteiger partial charge in [0.15, 0.2) is 0 Å². The maximum absolute atomic E-state index is 12.3. The van der Waals surface area contributed by atoms with Crippen LogP contribution in [-0.4, -0.2) is 56.2 Å². The molecule has 2 aliphatic rings. The number of carbonyl (C=O) groups excluding carboxylic acids is 2. The Morgan fingerprint density at radius 2 is 1.30 bits per heavy atom. The fraction of sp³-hybridized carbons (Fsp3) is 0.368. The Kier molecular flexibility index (Phi) is 5.63. The zero-order valence-corrected chi connectivity index (χ0v) is 16.4. The minimum Gasteiger partial charge on any atom is -0.324 e. The first-order valence-electron chi connectivity index (χ1n) is 8.88. The molecule has 0 saturated carbocycles. The van der Waals surface area contributed by atoms with Crippen LogP contribution < -0.4 is 0 Å². The van der Waals surface area contributed by atoms with Crippen LogP contribution in [0.1, 0.15) is 28.6 Å². The lowest BCUT2D eigenvalue weighted by atomic mass is 10.2. The van der Waals surface area contributed by atoms with E-state index in [1.54, 1.807) is 35.9 Å². The lowest BCUT2D eigenvalue weighted by Crippen LogP contribution is -2.34. The molecule has 8 heteroatoms. The van der Waals surface area contributed by atoms with E-state index in [0.717, 1.165) is 17.8 Å². The Morgan fingerprint density at radius 1 is 0.815 bits per heavy atom. The molecule has 2 atom stereocenters. The predicted octanol–water partition coefficient (Wildman–Crippen LogP) is 2.71. The van der Waals surface area contributed by atoms with Gasteiger partial charge in [0.25, 0.3) is 0 Å². The van der Waals surface area contributed by atoms with E-state index < -0.39 is 0 Å². The summed E-state index contributed by atoms with van der Waals surface area (Å²) in [6.07, 6.45) is 4.26. The van der Waals surface area contributed by atoms with Crippen molar-refractivity contribution in [2.45, 2.75) is 17.2 Å². The minimum atomic E-state index is -0.0334. The molecule has 0 unspecified atom stereocenters. The predicted molar refractivity (Wildman–Crippen MR) is 107 cm³/mol. The van der Waals surface area contributed by atoms with Crippen LogP contribution in [0.5, 0.6) is 0 Å². The molecule has 2 saturated heterocycles. The van der Waals surface area contributed by atoms with Crippen molar-refractivity contribution < 1.29 is 9.59 Å². The van der Waals surface area contributed by atoms with Crippen LogP contribution in [-0.2, 0) is 9.59 Å². The molecule has 2 aromatic heterocycles. The molecule has 0 bridgehead atoms. The van der Waals surface area contributed by atoms with E-state index in [0.29, 0.717) is 24.6 Å². The second kappa shape index (κ2) is 8.31. The van der Waals surface area contributed by atoms with Crippen LogP contribution in [0.3, 0.4) is 0 Å². The Hall–Kier alpha value is -2.06. The molecular formula is C19H20N4O2S2. The summed E-state index contributed by atoms with van der Waals surface area (Å²) in [5, 5.41) is -0.0668. The normalized spacial score (nSPS) is 22.7. The molecule has 140 valence electrons. The zero-order valence-electron chi connectivity index (χ0n) is 14.7. The fourth-order valence-electron chi connectivity index (χ4n) is 3.34. The SMILES string of the molecule is O=C1CS[C@H](c2ccccn2)N1CCCN1C(=O)CS[C@@H]1c1ccccn1. The van der Waals surface area contributed by atoms with Gasteiger partial charge in [0.05, 0.1) is 22.9 Å². The Bertz CT molecular complexity index is 738. The number of pyridine rings is 2. The van der Waals surface area contributed by atoms with Crippen molar-refractivity contribution in [2.24, 2.45) is 0 Å². The van der Waals surface area contributed by atoms with Gasteiger partial charge in [-0.05, 0) is 30.7 Å². The van der Waals surface area contributed by atoms with Gasteiger partial charge in [-0.1, -0.05) is 12.1 Å². The van der Waals surface area contributed by atoms with Gasteiger partial charge in [0, 0.05) is 25.5 Å². The molecule has 27 heavy (non-hydrogen) atoms. The molecule has 0 aromatic carbocycles. The number of amides is 2. The largest absolute Gasteiger partial charge is 0.324 e. The van der Waals surface area contributed by atoms with E-state index in [2.05, 4.69) is 9.97 Å². The van der Waals surface area contributed by atoms with Crippen LogP contribution in [0.4, 0.5) is 0 Å². The molecule has 2 amide bonds. The highest BCUT2D eigenvalue weighted by molar-refractivity contribution is 8.00. The summed E-state index contributed by atoms with van der Waals surface area (Å²) >= 11 is 3.22. The zero-order chi connectivity index (χ0) is 18.6. The molecule has 0 aliphatic carbocycles. The fourth-order valence-corrected chi connectivity index (χ4v) is 5.70. The highest BCUT2D eigenvalue weighted by Crippen LogP contribution is 2.39. The third-order valence-electron chi connectivity index (χ3n) is 4.62. The van der Waals surface area contributed by atoms with Crippen LogP contribution >= 0.6 is 23.5 Å². The number of nitrogens with zero attached hydrogens (tertiary/aromatic N) is 4. The second-order valence-corrected chi connectivity index (χ2v) is 8.50. The van der Waals surface area contributed by atoms with Crippen LogP contribution in [0.15, 0.2) is 48.8 Å². The maximum atomic E-state index is 12.3. The number of hydrogen-bond acceptors (Lipinski definition) is 6. The van der Waals surface area contributed by atoms with Crippen molar-refractivity contribution in [3.8, 4) is 0 Å². The van der Waals surface area contributed by atoms with E-state index in [1.165, 1.54) is 0 Å². The molecule has 2 aromatic rings. The van der Waals surface area contributed by atoms with E-state index in [-0.39, 0.29) is 22.6 Å². The van der Waals surface area contributed by atoms with Crippen LogP contribution in [0.25, 0.3) is 0 Å².